The van der Waals surface area contributed by atoms with Crippen molar-refractivity contribution in [3.8, 4) is 5.75 Å². The van der Waals surface area contributed by atoms with Gasteiger partial charge in [-0.25, -0.2) is 0 Å². The first-order valence-electron chi connectivity index (χ1n) is 7.33. The van der Waals surface area contributed by atoms with Crippen LogP contribution in [0.25, 0.3) is 0 Å². The van der Waals surface area contributed by atoms with Crippen molar-refractivity contribution in [1.82, 2.24) is 0 Å². The molecular formula is C17H19NO2S. The number of hydrogen-bond donors (Lipinski definition) is 1. The topological polar surface area (TPSA) is 40.5 Å². The van der Waals surface area contributed by atoms with Gasteiger partial charge in [-0.3, -0.25) is 4.79 Å². The van der Waals surface area contributed by atoms with Crippen LogP contribution < -0.4 is 4.90 Å². The minimum Gasteiger partial charge on any atom is -0.508 e. The van der Waals surface area contributed by atoms with Crippen molar-refractivity contribution in [2.24, 2.45) is 0 Å². The standard InChI is InChI=1S/C17H19NO2S/c1-3-18(14-10-13(19)8-7-11(14)2)17(20)16-9-12-5-4-6-15(12)21-16/h7-10,19H,3-6H2,1-2H3. The number of aromatic hydroxyl groups is 1. The van der Waals surface area contributed by atoms with Crippen LogP contribution in [0.2, 0.25) is 0 Å². The summed E-state index contributed by atoms with van der Waals surface area (Å²) < 4.78 is 0. The molecule has 1 aliphatic rings. The summed E-state index contributed by atoms with van der Waals surface area (Å²) in [6.07, 6.45) is 3.40. The molecule has 0 radical (unpaired) electrons. The summed E-state index contributed by atoms with van der Waals surface area (Å²) in [5, 5.41) is 9.69. The van der Waals surface area contributed by atoms with Gasteiger partial charge in [0.1, 0.15) is 5.75 Å². The Morgan fingerprint density at radius 3 is 2.86 bits per heavy atom. The molecule has 0 atom stereocenters. The maximum Gasteiger partial charge on any atom is 0.268 e. The van der Waals surface area contributed by atoms with Gasteiger partial charge in [-0.05, 0) is 56.4 Å². The van der Waals surface area contributed by atoms with Crippen LogP contribution in [0.4, 0.5) is 5.69 Å². The highest BCUT2D eigenvalue weighted by molar-refractivity contribution is 7.14. The van der Waals surface area contributed by atoms with E-state index < -0.39 is 0 Å². The van der Waals surface area contributed by atoms with Gasteiger partial charge in [0, 0.05) is 17.5 Å². The molecule has 21 heavy (non-hydrogen) atoms. The highest BCUT2D eigenvalue weighted by atomic mass is 32.1. The van der Waals surface area contributed by atoms with Gasteiger partial charge >= 0.3 is 0 Å². The van der Waals surface area contributed by atoms with E-state index >= 15 is 0 Å². The molecule has 0 saturated heterocycles. The molecule has 3 nitrogen and oxygen atoms in total. The van der Waals surface area contributed by atoms with Gasteiger partial charge in [-0.15, -0.1) is 11.3 Å². The maximum absolute atomic E-state index is 12.8. The Kier molecular flexibility index (Phi) is 3.72. The van der Waals surface area contributed by atoms with Gasteiger partial charge in [0.2, 0.25) is 0 Å². The number of phenolic OH excluding ortho intramolecular Hbond substituents is 1. The quantitative estimate of drug-likeness (QED) is 0.933. The van der Waals surface area contributed by atoms with Crippen molar-refractivity contribution >= 4 is 22.9 Å². The van der Waals surface area contributed by atoms with Crippen LogP contribution in [-0.2, 0) is 12.8 Å². The molecule has 1 amide bonds. The molecule has 0 fully saturated rings. The molecule has 110 valence electrons. The van der Waals surface area contributed by atoms with Gasteiger partial charge in [0.15, 0.2) is 0 Å². The molecule has 0 aliphatic heterocycles. The summed E-state index contributed by atoms with van der Waals surface area (Å²) in [5.41, 5.74) is 3.12. The summed E-state index contributed by atoms with van der Waals surface area (Å²) in [6.45, 7) is 4.51. The molecule has 4 heteroatoms. The Hall–Kier alpha value is -1.81. The smallest absolute Gasteiger partial charge is 0.268 e. The fourth-order valence-corrected chi connectivity index (χ4v) is 4.08. The van der Waals surface area contributed by atoms with Crippen molar-refractivity contribution in [2.45, 2.75) is 33.1 Å². The summed E-state index contributed by atoms with van der Waals surface area (Å²) in [7, 11) is 0. The first kappa shape index (κ1) is 14.1. The lowest BCUT2D eigenvalue weighted by atomic mass is 10.1. The van der Waals surface area contributed by atoms with E-state index in [4.69, 9.17) is 0 Å². The number of benzene rings is 1. The predicted molar refractivity (Wildman–Crippen MR) is 86.5 cm³/mol. The van der Waals surface area contributed by atoms with Gasteiger partial charge in [0.25, 0.3) is 5.91 Å². The molecule has 0 unspecified atom stereocenters. The van der Waals surface area contributed by atoms with Crippen LogP contribution in [0.15, 0.2) is 24.3 Å². The lowest BCUT2D eigenvalue weighted by Gasteiger charge is -2.22. The van der Waals surface area contributed by atoms with Crippen molar-refractivity contribution in [1.29, 1.82) is 0 Å². The Morgan fingerprint density at radius 2 is 2.14 bits per heavy atom. The summed E-state index contributed by atoms with van der Waals surface area (Å²) in [4.78, 5) is 16.7. The SMILES string of the molecule is CCN(C(=O)c1cc2c(s1)CCC2)c1cc(O)ccc1C. The number of carbonyl (C=O) groups excluding carboxylic acids is 1. The fourth-order valence-electron chi connectivity index (χ4n) is 2.88. The largest absolute Gasteiger partial charge is 0.508 e. The molecule has 1 aromatic carbocycles. The number of rotatable bonds is 3. The molecule has 0 bridgehead atoms. The number of hydrogen-bond acceptors (Lipinski definition) is 3. The zero-order valence-electron chi connectivity index (χ0n) is 12.3. The van der Waals surface area contributed by atoms with E-state index in [0.717, 1.165) is 29.0 Å². The van der Waals surface area contributed by atoms with Gasteiger partial charge in [-0.2, -0.15) is 0 Å². The number of phenols is 1. The number of amides is 1. The van der Waals surface area contributed by atoms with Crippen LogP contribution in [-0.4, -0.2) is 17.6 Å². The first-order valence-corrected chi connectivity index (χ1v) is 8.15. The van der Waals surface area contributed by atoms with E-state index in [0.29, 0.717) is 6.54 Å². The van der Waals surface area contributed by atoms with Gasteiger partial charge in [0.05, 0.1) is 10.6 Å². The van der Waals surface area contributed by atoms with Crippen LogP contribution in [0, 0.1) is 6.92 Å². The lowest BCUT2D eigenvalue weighted by Crippen LogP contribution is -2.30. The molecular weight excluding hydrogens is 282 g/mol. The molecule has 2 aromatic rings. The summed E-state index contributed by atoms with van der Waals surface area (Å²) >= 11 is 1.62. The van der Waals surface area contributed by atoms with E-state index in [-0.39, 0.29) is 11.7 Å². The first-order chi connectivity index (χ1) is 10.1. The van der Waals surface area contributed by atoms with E-state index in [1.807, 2.05) is 19.9 Å². The van der Waals surface area contributed by atoms with Crippen molar-refractivity contribution in [3.05, 3.63) is 45.1 Å². The Labute approximate surface area is 128 Å². The second kappa shape index (κ2) is 5.53. The Morgan fingerprint density at radius 1 is 1.33 bits per heavy atom. The minimum atomic E-state index is 0.0330. The lowest BCUT2D eigenvalue weighted by molar-refractivity contribution is 0.0992. The number of fused-ring (bicyclic) bond motifs is 1. The summed E-state index contributed by atoms with van der Waals surface area (Å²) in [5.74, 6) is 0.223. The van der Waals surface area contributed by atoms with Crippen LogP contribution in [0.5, 0.6) is 5.75 Å². The minimum absolute atomic E-state index is 0.0330. The van der Waals surface area contributed by atoms with E-state index in [9.17, 15) is 9.90 Å². The zero-order valence-corrected chi connectivity index (χ0v) is 13.2. The van der Waals surface area contributed by atoms with E-state index in [2.05, 4.69) is 6.07 Å². The average molecular weight is 301 g/mol. The monoisotopic (exact) mass is 301 g/mol. The van der Waals surface area contributed by atoms with E-state index in [1.54, 1.807) is 28.4 Å². The second-order valence-corrected chi connectivity index (χ2v) is 6.57. The van der Waals surface area contributed by atoms with Crippen LogP contribution >= 0.6 is 11.3 Å². The molecule has 0 saturated carbocycles. The molecule has 1 N–H and O–H groups in total. The summed E-state index contributed by atoms with van der Waals surface area (Å²) in [6, 6.07) is 7.21. The highest BCUT2D eigenvalue weighted by Gasteiger charge is 2.23. The Bertz CT molecular complexity index is 669. The van der Waals surface area contributed by atoms with Crippen molar-refractivity contribution in [3.63, 3.8) is 0 Å². The number of anilines is 1. The number of aryl methyl sites for hydroxylation is 3. The Balaban J connectivity index is 1.95. The van der Waals surface area contributed by atoms with Gasteiger partial charge < -0.3 is 10.0 Å². The molecule has 0 spiro atoms. The molecule has 1 aliphatic carbocycles. The van der Waals surface area contributed by atoms with Crippen molar-refractivity contribution < 1.29 is 9.90 Å². The zero-order chi connectivity index (χ0) is 15.0. The molecule has 1 aromatic heterocycles. The van der Waals surface area contributed by atoms with E-state index in [1.165, 1.54) is 16.9 Å². The number of carbonyl (C=O) groups is 1. The van der Waals surface area contributed by atoms with Crippen LogP contribution in [0.3, 0.4) is 0 Å². The average Bonchev–Trinajstić information content (AvgIpc) is 3.04. The molecule has 1 heterocycles. The maximum atomic E-state index is 12.8. The van der Waals surface area contributed by atoms with Crippen LogP contribution in [0.1, 0.15) is 39.0 Å². The fraction of sp³-hybridized carbons (Fsp3) is 0.353. The van der Waals surface area contributed by atoms with Gasteiger partial charge in [-0.1, -0.05) is 6.07 Å². The molecule has 3 rings (SSSR count). The highest BCUT2D eigenvalue weighted by Crippen LogP contribution is 2.33. The van der Waals surface area contributed by atoms with Crippen molar-refractivity contribution in [2.75, 3.05) is 11.4 Å². The predicted octanol–water partition coefficient (Wildman–Crippen LogP) is 3.92. The third-order valence-electron chi connectivity index (χ3n) is 4.00. The number of thiophene rings is 1. The number of nitrogens with zero attached hydrogens (tertiary/aromatic N) is 1. The normalized spacial score (nSPS) is 13.2. The third kappa shape index (κ3) is 2.56. The third-order valence-corrected chi connectivity index (χ3v) is 5.23. The second-order valence-electron chi connectivity index (χ2n) is 5.43.